The molecule has 0 unspecified atom stereocenters. The molecule has 0 saturated carbocycles. The van der Waals surface area contributed by atoms with Crippen LogP contribution >= 0.6 is 0 Å². The molecule has 0 radical (unpaired) electrons. The molecule has 0 spiro atoms. The van der Waals surface area contributed by atoms with Gasteiger partial charge in [0.05, 0.1) is 6.54 Å². The molecule has 1 amide bonds. The number of nitrogens with one attached hydrogen (secondary N) is 1. The van der Waals surface area contributed by atoms with Crippen molar-refractivity contribution in [2.45, 2.75) is 32.2 Å². The van der Waals surface area contributed by atoms with E-state index in [1.54, 1.807) is 4.90 Å². The molecule has 2 fully saturated rings. The van der Waals surface area contributed by atoms with Crippen LogP contribution in [0, 0.1) is 5.92 Å². The highest BCUT2D eigenvalue weighted by molar-refractivity contribution is 5.79. The van der Waals surface area contributed by atoms with Crippen LogP contribution in [-0.2, 0) is 4.79 Å². The van der Waals surface area contributed by atoms with Crippen molar-refractivity contribution in [3.63, 3.8) is 0 Å². The zero-order valence-electron chi connectivity index (χ0n) is 11.4. The number of likely N-dealkylation sites (tertiary alicyclic amines) is 1. The number of hydrogen-bond donors (Lipinski definition) is 1. The topological polar surface area (TPSA) is 35.6 Å². The van der Waals surface area contributed by atoms with Crippen molar-refractivity contribution < 1.29 is 13.6 Å². The van der Waals surface area contributed by atoms with Crippen molar-refractivity contribution in [2.24, 2.45) is 5.92 Å². The maximum absolute atomic E-state index is 12.4. The molecule has 0 aromatic heterocycles. The molecular weight excluding hydrogens is 252 g/mol. The molecule has 2 heterocycles. The predicted octanol–water partition coefficient (Wildman–Crippen LogP) is 0.784. The highest BCUT2D eigenvalue weighted by atomic mass is 19.3. The van der Waals surface area contributed by atoms with Crippen LogP contribution < -0.4 is 5.32 Å². The normalized spacial score (nSPS) is 26.9. The predicted molar refractivity (Wildman–Crippen MR) is 69.2 cm³/mol. The maximum Gasteiger partial charge on any atom is 0.251 e. The largest absolute Gasteiger partial charge is 0.337 e. The van der Waals surface area contributed by atoms with Gasteiger partial charge in [-0.1, -0.05) is 0 Å². The number of alkyl halides is 2. The van der Waals surface area contributed by atoms with E-state index in [1.165, 1.54) is 0 Å². The van der Waals surface area contributed by atoms with E-state index in [4.69, 9.17) is 0 Å². The summed E-state index contributed by atoms with van der Waals surface area (Å²) in [5.41, 5.74) is 0. The van der Waals surface area contributed by atoms with Gasteiger partial charge in [0.15, 0.2) is 0 Å². The second-order valence-electron chi connectivity index (χ2n) is 5.55. The van der Waals surface area contributed by atoms with Gasteiger partial charge in [-0.3, -0.25) is 9.69 Å². The lowest BCUT2D eigenvalue weighted by atomic mass is 9.94. The van der Waals surface area contributed by atoms with E-state index in [0.717, 1.165) is 19.6 Å². The molecule has 2 saturated heterocycles. The third-order valence-electron chi connectivity index (χ3n) is 4.12. The summed E-state index contributed by atoms with van der Waals surface area (Å²) < 4.78 is 24.6. The van der Waals surface area contributed by atoms with Crippen LogP contribution in [0.3, 0.4) is 0 Å². The number of hydrogen-bond acceptors (Lipinski definition) is 3. The lowest BCUT2D eigenvalue weighted by molar-refractivity contribution is -0.140. The first-order chi connectivity index (χ1) is 9.08. The van der Waals surface area contributed by atoms with Crippen molar-refractivity contribution >= 4 is 5.91 Å². The Morgan fingerprint density at radius 2 is 2.00 bits per heavy atom. The number of amides is 1. The standard InChI is InChI=1S/C13H23F2N3O/c1-10-8-16-4-7-18(10)13(19)11-2-5-17(6-3-11)9-12(14)15/h10-12,16H,2-9H2,1H3/t10-/m0/s1. The van der Waals surface area contributed by atoms with Gasteiger partial charge in [-0.05, 0) is 32.9 Å². The zero-order valence-corrected chi connectivity index (χ0v) is 11.4. The SMILES string of the molecule is C[C@H]1CNCCN1C(=O)C1CCN(CC(F)F)CC1. The fourth-order valence-electron chi connectivity index (χ4n) is 2.96. The van der Waals surface area contributed by atoms with Gasteiger partial charge in [-0.15, -0.1) is 0 Å². The highest BCUT2D eigenvalue weighted by Crippen LogP contribution is 2.21. The summed E-state index contributed by atoms with van der Waals surface area (Å²) in [5, 5.41) is 3.27. The number of rotatable bonds is 3. The molecule has 0 aromatic carbocycles. The molecule has 4 nitrogen and oxygen atoms in total. The molecular formula is C13H23F2N3O. The molecule has 2 rings (SSSR count). The van der Waals surface area contributed by atoms with E-state index < -0.39 is 6.43 Å². The Labute approximate surface area is 113 Å². The third kappa shape index (κ3) is 3.86. The van der Waals surface area contributed by atoms with Gasteiger partial charge in [0.1, 0.15) is 0 Å². The van der Waals surface area contributed by atoms with Gasteiger partial charge >= 0.3 is 0 Å². The van der Waals surface area contributed by atoms with Gasteiger partial charge in [0.25, 0.3) is 6.43 Å². The van der Waals surface area contributed by atoms with E-state index in [1.807, 2.05) is 4.90 Å². The van der Waals surface area contributed by atoms with Gasteiger partial charge < -0.3 is 10.2 Å². The van der Waals surface area contributed by atoms with E-state index in [0.29, 0.717) is 25.9 Å². The van der Waals surface area contributed by atoms with E-state index in [2.05, 4.69) is 12.2 Å². The number of carbonyl (C=O) groups is 1. The number of halogens is 2. The average molecular weight is 275 g/mol. The summed E-state index contributed by atoms with van der Waals surface area (Å²) in [4.78, 5) is 16.1. The molecule has 2 aliphatic rings. The van der Waals surface area contributed by atoms with E-state index in [-0.39, 0.29) is 24.4 Å². The fraction of sp³-hybridized carbons (Fsp3) is 0.923. The lowest BCUT2D eigenvalue weighted by Crippen LogP contribution is -2.54. The Hall–Kier alpha value is -0.750. The Bertz CT molecular complexity index is 306. The monoisotopic (exact) mass is 275 g/mol. The molecule has 19 heavy (non-hydrogen) atoms. The molecule has 110 valence electrons. The van der Waals surface area contributed by atoms with E-state index >= 15 is 0 Å². The Kier molecular flexibility index (Phi) is 5.10. The Morgan fingerprint density at radius 3 is 2.58 bits per heavy atom. The summed E-state index contributed by atoms with van der Waals surface area (Å²) in [7, 11) is 0. The molecule has 6 heteroatoms. The number of carbonyl (C=O) groups excluding carboxylic acids is 1. The summed E-state index contributed by atoms with van der Waals surface area (Å²) in [5.74, 6) is 0.236. The third-order valence-corrected chi connectivity index (χ3v) is 4.12. The highest BCUT2D eigenvalue weighted by Gasteiger charge is 2.32. The Balaban J connectivity index is 1.81. The van der Waals surface area contributed by atoms with Gasteiger partial charge in [-0.25, -0.2) is 8.78 Å². The van der Waals surface area contributed by atoms with Crippen molar-refractivity contribution in [1.29, 1.82) is 0 Å². The van der Waals surface area contributed by atoms with Crippen molar-refractivity contribution in [2.75, 3.05) is 39.3 Å². The van der Waals surface area contributed by atoms with Crippen LogP contribution in [0.15, 0.2) is 0 Å². The van der Waals surface area contributed by atoms with E-state index in [9.17, 15) is 13.6 Å². The number of piperidine rings is 1. The summed E-state index contributed by atoms with van der Waals surface area (Å²) in [6.07, 6.45) is -0.856. The summed E-state index contributed by atoms with van der Waals surface area (Å²) in [6, 6.07) is 0.236. The van der Waals surface area contributed by atoms with Crippen LogP contribution in [0.5, 0.6) is 0 Å². The van der Waals surface area contributed by atoms with Crippen LogP contribution in [-0.4, -0.2) is 67.4 Å². The first kappa shape index (κ1) is 14.7. The minimum Gasteiger partial charge on any atom is -0.337 e. The van der Waals surface area contributed by atoms with Gasteiger partial charge in [0, 0.05) is 31.6 Å². The van der Waals surface area contributed by atoms with Crippen molar-refractivity contribution in [3.8, 4) is 0 Å². The van der Waals surface area contributed by atoms with Crippen molar-refractivity contribution in [1.82, 2.24) is 15.1 Å². The number of nitrogens with zero attached hydrogens (tertiary/aromatic N) is 2. The molecule has 2 aliphatic heterocycles. The Morgan fingerprint density at radius 1 is 1.32 bits per heavy atom. The summed E-state index contributed by atoms with van der Waals surface area (Å²) >= 11 is 0. The average Bonchev–Trinajstić information content (AvgIpc) is 2.39. The van der Waals surface area contributed by atoms with Crippen LogP contribution in [0.25, 0.3) is 0 Å². The molecule has 1 N–H and O–H groups in total. The smallest absolute Gasteiger partial charge is 0.251 e. The molecule has 0 aliphatic carbocycles. The van der Waals surface area contributed by atoms with Crippen LogP contribution in [0.4, 0.5) is 8.78 Å². The van der Waals surface area contributed by atoms with Crippen LogP contribution in [0.1, 0.15) is 19.8 Å². The van der Waals surface area contributed by atoms with Gasteiger partial charge in [-0.2, -0.15) is 0 Å². The first-order valence-electron chi connectivity index (χ1n) is 7.09. The minimum atomic E-state index is -2.28. The fourth-order valence-corrected chi connectivity index (χ4v) is 2.96. The quantitative estimate of drug-likeness (QED) is 0.827. The van der Waals surface area contributed by atoms with Gasteiger partial charge in [0.2, 0.25) is 5.91 Å². The minimum absolute atomic E-state index is 0.0227. The second-order valence-corrected chi connectivity index (χ2v) is 5.55. The lowest BCUT2D eigenvalue weighted by Gasteiger charge is -2.38. The molecule has 0 aromatic rings. The second kappa shape index (κ2) is 6.61. The first-order valence-corrected chi connectivity index (χ1v) is 7.09. The molecule has 0 bridgehead atoms. The number of piperazine rings is 1. The van der Waals surface area contributed by atoms with Crippen LogP contribution in [0.2, 0.25) is 0 Å². The zero-order chi connectivity index (χ0) is 13.8. The molecule has 1 atom stereocenters. The van der Waals surface area contributed by atoms with Crippen molar-refractivity contribution in [3.05, 3.63) is 0 Å². The summed E-state index contributed by atoms with van der Waals surface area (Å²) in [6.45, 7) is 5.57. The maximum atomic E-state index is 12.4.